The van der Waals surface area contributed by atoms with E-state index in [2.05, 4.69) is 16.0 Å². The standard InChI is InChI=1S/C16H31N3O4/c1-11(2)10-14(21)19-12(15(22)23)6-7-13(20)17-8-9-18-16(3,4)5/h11-12,18H,6-10H2,1-5H3,(H,17,20)(H,19,21)(H,22,23)/t12-/m0/s1. The van der Waals surface area contributed by atoms with Crippen LogP contribution in [-0.4, -0.2) is 47.6 Å². The number of carboxylic acids is 1. The van der Waals surface area contributed by atoms with Gasteiger partial charge in [-0.25, -0.2) is 4.79 Å². The van der Waals surface area contributed by atoms with E-state index < -0.39 is 12.0 Å². The summed E-state index contributed by atoms with van der Waals surface area (Å²) in [5.74, 6) is -1.49. The van der Waals surface area contributed by atoms with Gasteiger partial charge < -0.3 is 21.1 Å². The lowest BCUT2D eigenvalue weighted by Gasteiger charge is -2.20. The highest BCUT2D eigenvalue weighted by atomic mass is 16.4. The molecule has 0 rings (SSSR count). The summed E-state index contributed by atoms with van der Waals surface area (Å²) in [6.45, 7) is 11.0. The van der Waals surface area contributed by atoms with Gasteiger partial charge in [0.25, 0.3) is 0 Å². The molecular weight excluding hydrogens is 298 g/mol. The van der Waals surface area contributed by atoms with Gasteiger partial charge in [0, 0.05) is 31.5 Å². The Morgan fingerprint density at radius 1 is 1.04 bits per heavy atom. The molecule has 0 bridgehead atoms. The first-order valence-corrected chi connectivity index (χ1v) is 8.05. The third kappa shape index (κ3) is 12.6. The molecule has 0 aromatic heterocycles. The van der Waals surface area contributed by atoms with Crippen LogP contribution in [0.25, 0.3) is 0 Å². The second-order valence-electron chi connectivity index (χ2n) is 7.12. The normalized spacial score (nSPS) is 12.8. The molecule has 7 nitrogen and oxygen atoms in total. The fourth-order valence-corrected chi connectivity index (χ4v) is 1.88. The molecule has 0 heterocycles. The van der Waals surface area contributed by atoms with Crippen LogP contribution >= 0.6 is 0 Å². The monoisotopic (exact) mass is 329 g/mol. The van der Waals surface area contributed by atoms with Crippen molar-refractivity contribution < 1.29 is 19.5 Å². The van der Waals surface area contributed by atoms with Crippen molar-refractivity contribution >= 4 is 17.8 Å². The largest absolute Gasteiger partial charge is 0.480 e. The van der Waals surface area contributed by atoms with Gasteiger partial charge in [-0.2, -0.15) is 0 Å². The zero-order valence-electron chi connectivity index (χ0n) is 14.9. The smallest absolute Gasteiger partial charge is 0.326 e. The number of carbonyl (C=O) groups excluding carboxylic acids is 2. The van der Waals surface area contributed by atoms with E-state index in [9.17, 15) is 14.4 Å². The maximum Gasteiger partial charge on any atom is 0.326 e. The van der Waals surface area contributed by atoms with Gasteiger partial charge in [-0.05, 0) is 33.1 Å². The predicted octanol–water partition coefficient (Wildman–Crippen LogP) is 0.886. The van der Waals surface area contributed by atoms with Crippen LogP contribution in [0.4, 0.5) is 0 Å². The highest BCUT2D eigenvalue weighted by Crippen LogP contribution is 2.03. The van der Waals surface area contributed by atoms with Crippen LogP contribution < -0.4 is 16.0 Å². The van der Waals surface area contributed by atoms with Crippen LogP contribution in [0.3, 0.4) is 0 Å². The van der Waals surface area contributed by atoms with E-state index in [4.69, 9.17) is 5.11 Å². The molecule has 0 aromatic carbocycles. The van der Waals surface area contributed by atoms with Crippen LogP contribution in [0, 0.1) is 5.92 Å². The van der Waals surface area contributed by atoms with Crippen LogP contribution in [0.15, 0.2) is 0 Å². The Bertz CT molecular complexity index is 403. The van der Waals surface area contributed by atoms with E-state index in [1.165, 1.54) is 0 Å². The Morgan fingerprint density at radius 2 is 1.65 bits per heavy atom. The van der Waals surface area contributed by atoms with E-state index in [1.54, 1.807) is 0 Å². The zero-order valence-corrected chi connectivity index (χ0v) is 14.9. The number of carboxylic acid groups (broad SMARTS) is 1. The van der Waals surface area contributed by atoms with Gasteiger partial charge in [-0.3, -0.25) is 9.59 Å². The predicted molar refractivity (Wildman–Crippen MR) is 89.0 cm³/mol. The van der Waals surface area contributed by atoms with Crippen molar-refractivity contribution in [3.8, 4) is 0 Å². The van der Waals surface area contributed by atoms with Crippen molar-refractivity contribution in [3.05, 3.63) is 0 Å². The van der Waals surface area contributed by atoms with E-state index in [0.717, 1.165) is 0 Å². The summed E-state index contributed by atoms with van der Waals surface area (Å²) in [5, 5.41) is 17.5. The maximum absolute atomic E-state index is 11.7. The molecule has 0 saturated carbocycles. The van der Waals surface area contributed by atoms with Crippen LogP contribution in [0.2, 0.25) is 0 Å². The minimum absolute atomic E-state index is 0.0141. The third-order valence-corrected chi connectivity index (χ3v) is 2.99. The van der Waals surface area contributed by atoms with Gasteiger partial charge in [0.1, 0.15) is 6.04 Å². The number of hydrogen-bond acceptors (Lipinski definition) is 4. The maximum atomic E-state index is 11.7. The molecule has 0 aliphatic carbocycles. The van der Waals surface area contributed by atoms with Gasteiger partial charge in [0.15, 0.2) is 0 Å². The molecule has 0 unspecified atom stereocenters. The Hall–Kier alpha value is -1.63. The Morgan fingerprint density at radius 3 is 2.13 bits per heavy atom. The van der Waals surface area contributed by atoms with Crippen molar-refractivity contribution in [1.29, 1.82) is 0 Å². The lowest BCUT2D eigenvalue weighted by Crippen LogP contribution is -2.43. The van der Waals surface area contributed by atoms with Gasteiger partial charge in [0.2, 0.25) is 11.8 Å². The fraction of sp³-hybridized carbons (Fsp3) is 0.812. The number of nitrogens with one attached hydrogen (secondary N) is 3. The quantitative estimate of drug-likeness (QED) is 0.445. The van der Waals surface area contributed by atoms with Crippen LogP contribution in [0.1, 0.15) is 53.9 Å². The Labute approximate surface area is 138 Å². The van der Waals surface area contributed by atoms with E-state index in [1.807, 2.05) is 34.6 Å². The molecule has 134 valence electrons. The lowest BCUT2D eigenvalue weighted by atomic mass is 10.1. The van der Waals surface area contributed by atoms with Crippen molar-refractivity contribution in [2.45, 2.75) is 65.5 Å². The minimum Gasteiger partial charge on any atom is -0.480 e. The molecule has 1 atom stereocenters. The van der Waals surface area contributed by atoms with E-state index in [0.29, 0.717) is 13.1 Å². The molecule has 0 radical (unpaired) electrons. The van der Waals surface area contributed by atoms with Crippen molar-refractivity contribution in [2.24, 2.45) is 5.92 Å². The molecule has 0 fully saturated rings. The highest BCUT2D eigenvalue weighted by Gasteiger charge is 2.21. The molecule has 0 spiro atoms. The van der Waals surface area contributed by atoms with E-state index in [-0.39, 0.29) is 42.5 Å². The molecular formula is C16H31N3O4. The molecule has 2 amide bonds. The summed E-state index contributed by atoms with van der Waals surface area (Å²) >= 11 is 0. The van der Waals surface area contributed by atoms with Gasteiger partial charge >= 0.3 is 5.97 Å². The summed E-state index contributed by atoms with van der Waals surface area (Å²) in [4.78, 5) is 34.5. The highest BCUT2D eigenvalue weighted by molar-refractivity contribution is 5.84. The minimum atomic E-state index is -1.12. The van der Waals surface area contributed by atoms with E-state index >= 15 is 0 Å². The first kappa shape index (κ1) is 21.4. The molecule has 23 heavy (non-hydrogen) atoms. The van der Waals surface area contributed by atoms with Gasteiger partial charge in [0.05, 0.1) is 0 Å². The average Bonchev–Trinajstić information content (AvgIpc) is 2.37. The summed E-state index contributed by atoms with van der Waals surface area (Å²) in [6.07, 6.45) is 0.417. The molecule has 0 aliphatic rings. The van der Waals surface area contributed by atoms with Gasteiger partial charge in [-0.1, -0.05) is 13.8 Å². The summed E-state index contributed by atoms with van der Waals surface area (Å²) in [6, 6.07) is -1.03. The number of aliphatic carboxylic acids is 1. The Balaban J connectivity index is 4.09. The lowest BCUT2D eigenvalue weighted by molar-refractivity contribution is -0.142. The SMILES string of the molecule is CC(C)CC(=O)N[C@@H](CCC(=O)NCCNC(C)(C)C)C(=O)O. The first-order chi connectivity index (χ1) is 10.5. The number of rotatable bonds is 10. The zero-order chi connectivity index (χ0) is 18.0. The summed E-state index contributed by atoms with van der Waals surface area (Å²) in [5.41, 5.74) is -0.0141. The molecule has 0 aliphatic heterocycles. The van der Waals surface area contributed by atoms with Crippen molar-refractivity contribution in [1.82, 2.24) is 16.0 Å². The number of hydrogen-bond donors (Lipinski definition) is 4. The topological polar surface area (TPSA) is 108 Å². The number of amides is 2. The molecule has 0 aromatic rings. The molecule has 0 saturated heterocycles. The van der Waals surface area contributed by atoms with Crippen LogP contribution in [0.5, 0.6) is 0 Å². The second kappa shape index (κ2) is 10.2. The first-order valence-electron chi connectivity index (χ1n) is 8.05. The van der Waals surface area contributed by atoms with Crippen molar-refractivity contribution in [2.75, 3.05) is 13.1 Å². The van der Waals surface area contributed by atoms with Gasteiger partial charge in [-0.15, -0.1) is 0 Å². The molecule has 7 heteroatoms. The fourth-order valence-electron chi connectivity index (χ4n) is 1.88. The second-order valence-corrected chi connectivity index (χ2v) is 7.12. The summed E-state index contributed by atoms with van der Waals surface area (Å²) in [7, 11) is 0. The Kier molecular flexibility index (Phi) is 9.48. The van der Waals surface area contributed by atoms with Crippen LogP contribution in [-0.2, 0) is 14.4 Å². The average molecular weight is 329 g/mol. The molecule has 4 N–H and O–H groups in total. The van der Waals surface area contributed by atoms with Crippen molar-refractivity contribution in [3.63, 3.8) is 0 Å². The number of carbonyl (C=O) groups is 3. The third-order valence-electron chi connectivity index (χ3n) is 2.99. The summed E-state index contributed by atoms with van der Waals surface area (Å²) < 4.78 is 0.